The fraction of sp³-hybridized carbons (Fsp3) is 0.474. The third kappa shape index (κ3) is 4.02. The molecule has 1 aliphatic carbocycles. The van der Waals surface area contributed by atoms with E-state index >= 15 is 0 Å². The van der Waals surface area contributed by atoms with E-state index < -0.39 is 5.60 Å². The highest BCUT2D eigenvalue weighted by Crippen LogP contribution is 2.34. The van der Waals surface area contributed by atoms with Gasteiger partial charge in [-0.15, -0.1) is 0 Å². The lowest BCUT2D eigenvalue weighted by Gasteiger charge is -2.36. The van der Waals surface area contributed by atoms with Crippen molar-refractivity contribution >= 4 is 11.7 Å². The molecule has 1 aromatic heterocycles. The van der Waals surface area contributed by atoms with Crippen LogP contribution >= 0.6 is 0 Å². The van der Waals surface area contributed by atoms with Gasteiger partial charge in [0.1, 0.15) is 0 Å². The second kappa shape index (κ2) is 7.27. The van der Waals surface area contributed by atoms with Gasteiger partial charge in [-0.25, -0.2) is 9.48 Å². The average Bonchev–Trinajstić information content (AvgIpc) is 2.98. The summed E-state index contributed by atoms with van der Waals surface area (Å²) in [6.45, 7) is 4.61. The minimum atomic E-state index is -0.575. The van der Waals surface area contributed by atoms with Crippen molar-refractivity contribution in [2.24, 2.45) is 0 Å². The molecule has 6 heteroatoms. The smallest absolute Gasteiger partial charge is 0.319 e. The van der Waals surface area contributed by atoms with Gasteiger partial charge in [-0.2, -0.15) is 5.10 Å². The van der Waals surface area contributed by atoms with Gasteiger partial charge in [-0.05, 0) is 43.7 Å². The summed E-state index contributed by atoms with van der Waals surface area (Å²) in [4.78, 5) is 12.2. The van der Waals surface area contributed by atoms with Crippen molar-refractivity contribution in [2.45, 2.75) is 51.0 Å². The lowest BCUT2D eigenvalue weighted by atomic mass is 9.78. The van der Waals surface area contributed by atoms with Crippen LogP contribution in [0.15, 0.2) is 36.5 Å². The first-order valence-electron chi connectivity index (χ1n) is 8.89. The number of amides is 2. The molecule has 0 unspecified atom stereocenters. The van der Waals surface area contributed by atoms with Crippen LogP contribution < -0.4 is 10.6 Å². The predicted molar refractivity (Wildman–Crippen MR) is 98.1 cm³/mol. The van der Waals surface area contributed by atoms with E-state index in [1.165, 1.54) is 0 Å². The van der Waals surface area contributed by atoms with Crippen molar-refractivity contribution in [3.05, 3.63) is 42.2 Å². The number of urea groups is 1. The number of aliphatic hydroxyl groups is 1. The fourth-order valence-corrected chi connectivity index (χ4v) is 3.19. The highest BCUT2D eigenvalue weighted by molar-refractivity contribution is 5.89. The van der Waals surface area contributed by atoms with E-state index in [0.717, 1.165) is 30.6 Å². The molecule has 3 N–H and O–H groups in total. The molecule has 0 aliphatic heterocycles. The third-order valence-electron chi connectivity index (χ3n) is 4.76. The molecular weight excluding hydrogens is 316 g/mol. The van der Waals surface area contributed by atoms with Crippen molar-refractivity contribution in [1.82, 2.24) is 15.1 Å². The Labute approximate surface area is 148 Å². The standard InChI is InChI=1S/C19H26N4O2/c1-14(2)17-16(13-21-23(17)15-7-4-3-5-8-15)22-18(24)20-12-11-19(25)9-6-10-19/h3-5,7-8,13-14,25H,6,9-12H2,1-2H3,(H2,20,22,24). The molecule has 6 nitrogen and oxygen atoms in total. The van der Waals surface area contributed by atoms with E-state index in [1.807, 2.05) is 35.0 Å². The molecule has 0 radical (unpaired) electrons. The number of hydrogen-bond donors (Lipinski definition) is 3. The number of anilines is 1. The zero-order valence-corrected chi connectivity index (χ0v) is 14.8. The molecule has 0 spiro atoms. The van der Waals surface area contributed by atoms with Gasteiger partial charge in [0.15, 0.2) is 0 Å². The Morgan fingerprint density at radius 3 is 2.64 bits per heavy atom. The van der Waals surface area contributed by atoms with Crippen molar-refractivity contribution in [2.75, 3.05) is 11.9 Å². The van der Waals surface area contributed by atoms with Crippen LogP contribution in [0, 0.1) is 0 Å². The van der Waals surface area contributed by atoms with Crippen molar-refractivity contribution in [3.8, 4) is 5.69 Å². The van der Waals surface area contributed by atoms with Crippen LogP contribution in [0.2, 0.25) is 0 Å². The SMILES string of the molecule is CC(C)c1c(NC(=O)NCCC2(O)CCC2)cnn1-c1ccccc1. The highest BCUT2D eigenvalue weighted by Gasteiger charge is 2.33. The number of carbonyl (C=O) groups excluding carboxylic acids is 1. The quantitative estimate of drug-likeness (QED) is 0.752. The monoisotopic (exact) mass is 342 g/mol. The van der Waals surface area contributed by atoms with E-state index in [1.54, 1.807) is 6.20 Å². The molecule has 1 saturated carbocycles. The maximum Gasteiger partial charge on any atom is 0.319 e. The summed E-state index contributed by atoms with van der Waals surface area (Å²) in [7, 11) is 0. The number of carbonyl (C=O) groups is 1. The normalized spacial score (nSPS) is 15.7. The van der Waals surface area contributed by atoms with Crippen LogP contribution in [0.25, 0.3) is 5.69 Å². The average molecular weight is 342 g/mol. The lowest BCUT2D eigenvalue weighted by molar-refractivity contribution is -0.0388. The first-order chi connectivity index (χ1) is 12.0. The third-order valence-corrected chi connectivity index (χ3v) is 4.76. The molecule has 0 saturated heterocycles. The Balaban J connectivity index is 1.65. The van der Waals surface area contributed by atoms with Gasteiger partial charge < -0.3 is 15.7 Å². The first kappa shape index (κ1) is 17.5. The maximum absolute atomic E-state index is 12.2. The Morgan fingerprint density at radius 1 is 1.32 bits per heavy atom. The van der Waals surface area contributed by atoms with Gasteiger partial charge in [-0.1, -0.05) is 32.0 Å². The van der Waals surface area contributed by atoms with Gasteiger partial charge in [-0.3, -0.25) is 0 Å². The Hall–Kier alpha value is -2.34. The minimum Gasteiger partial charge on any atom is -0.390 e. The molecule has 25 heavy (non-hydrogen) atoms. The van der Waals surface area contributed by atoms with Crippen LogP contribution in [0.5, 0.6) is 0 Å². The number of hydrogen-bond acceptors (Lipinski definition) is 3. The molecule has 1 aromatic carbocycles. The molecule has 1 fully saturated rings. The van der Waals surface area contributed by atoms with Crippen molar-refractivity contribution in [3.63, 3.8) is 0 Å². The summed E-state index contributed by atoms with van der Waals surface area (Å²) < 4.78 is 1.86. The van der Waals surface area contributed by atoms with Gasteiger partial charge in [0.2, 0.25) is 0 Å². The van der Waals surface area contributed by atoms with Gasteiger partial charge >= 0.3 is 6.03 Å². The molecule has 1 aliphatic rings. The van der Waals surface area contributed by atoms with E-state index in [4.69, 9.17) is 0 Å². The summed E-state index contributed by atoms with van der Waals surface area (Å²) in [6, 6.07) is 9.60. The summed E-state index contributed by atoms with van der Waals surface area (Å²) in [5, 5.41) is 20.2. The topological polar surface area (TPSA) is 79.2 Å². The number of nitrogens with one attached hydrogen (secondary N) is 2. The molecule has 0 atom stereocenters. The zero-order chi connectivity index (χ0) is 17.9. The van der Waals surface area contributed by atoms with Crippen LogP contribution in [-0.2, 0) is 0 Å². The largest absolute Gasteiger partial charge is 0.390 e. The maximum atomic E-state index is 12.2. The Bertz CT molecular complexity index is 720. The Kier molecular flexibility index (Phi) is 5.08. The van der Waals surface area contributed by atoms with Crippen LogP contribution in [-0.4, -0.2) is 33.1 Å². The van der Waals surface area contributed by atoms with Crippen LogP contribution in [0.3, 0.4) is 0 Å². The summed E-state index contributed by atoms with van der Waals surface area (Å²) >= 11 is 0. The van der Waals surface area contributed by atoms with Gasteiger partial charge in [0.05, 0.1) is 28.9 Å². The highest BCUT2D eigenvalue weighted by atomic mass is 16.3. The van der Waals surface area contributed by atoms with E-state index in [2.05, 4.69) is 29.6 Å². The van der Waals surface area contributed by atoms with Crippen molar-refractivity contribution < 1.29 is 9.90 Å². The number of benzene rings is 1. The number of nitrogens with zero attached hydrogens (tertiary/aromatic N) is 2. The molecule has 3 rings (SSSR count). The summed E-state index contributed by atoms with van der Waals surface area (Å²) in [5.74, 6) is 0.202. The van der Waals surface area contributed by atoms with E-state index in [-0.39, 0.29) is 11.9 Å². The molecule has 134 valence electrons. The summed E-state index contributed by atoms with van der Waals surface area (Å²) in [5.41, 5.74) is 2.05. The predicted octanol–water partition coefficient (Wildman–Crippen LogP) is 3.42. The van der Waals surface area contributed by atoms with Crippen LogP contribution in [0.4, 0.5) is 10.5 Å². The van der Waals surface area contributed by atoms with E-state index in [0.29, 0.717) is 18.7 Å². The lowest BCUT2D eigenvalue weighted by Crippen LogP contribution is -2.41. The second-order valence-corrected chi connectivity index (χ2v) is 7.05. The van der Waals surface area contributed by atoms with Gasteiger partial charge in [0, 0.05) is 6.54 Å². The number of rotatable bonds is 6. The molecule has 2 aromatic rings. The molecule has 0 bridgehead atoms. The van der Waals surface area contributed by atoms with Crippen LogP contribution in [0.1, 0.15) is 51.1 Å². The summed E-state index contributed by atoms with van der Waals surface area (Å²) in [6.07, 6.45) is 5.01. The van der Waals surface area contributed by atoms with Gasteiger partial charge in [0.25, 0.3) is 0 Å². The zero-order valence-electron chi connectivity index (χ0n) is 14.8. The Morgan fingerprint density at radius 2 is 2.04 bits per heavy atom. The number of aromatic nitrogens is 2. The fourth-order valence-electron chi connectivity index (χ4n) is 3.19. The van der Waals surface area contributed by atoms with Crippen molar-refractivity contribution in [1.29, 1.82) is 0 Å². The second-order valence-electron chi connectivity index (χ2n) is 7.05. The molecular formula is C19H26N4O2. The molecule has 2 amide bonds. The first-order valence-corrected chi connectivity index (χ1v) is 8.89. The van der Waals surface area contributed by atoms with E-state index in [9.17, 15) is 9.90 Å². The number of para-hydroxylation sites is 1. The molecule has 1 heterocycles. The minimum absolute atomic E-state index is 0.202.